The van der Waals surface area contributed by atoms with Crippen molar-refractivity contribution in [3.05, 3.63) is 71.6 Å². The summed E-state index contributed by atoms with van der Waals surface area (Å²) >= 11 is 0. The van der Waals surface area contributed by atoms with E-state index in [0.717, 1.165) is 5.56 Å². The summed E-state index contributed by atoms with van der Waals surface area (Å²) in [6.07, 6.45) is 1.72. The molecule has 0 spiro atoms. The number of carbonyl (C=O) groups is 2. The van der Waals surface area contributed by atoms with Crippen LogP contribution < -0.4 is 10.6 Å². The SMILES string of the molecule is O=C(NCCC(=O)N1CCN(S(=O)(=O)C=Cc2ccccc2)CC1)Nc1ccccc1. The minimum absolute atomic E-state index is 0.114. The number of piperazine rings is 1. The Hall–Kier alpha value is -3.17. The lowest BCUT2D eigenvalue weighted by Crippen LogP contribution is -2.50. The van der Waals surface area contributed by atoms with Crippen molar-refractivity contribution < 1.29 is 18.0 Å². The molecule has 1 fully saturated rings. The second-order valence-electron chi connectivity index (χ2n) is 7.04. The van der Waals surface area contributed by atoms with Gasteiger partial charge in [0.1, 0.15) is 0 Å². The van der Waals surface area contributed by atoms with Crippen molar-refractivity contribution in [1.29, 1.82) is 0 Å². The average molecular weight is 443 g/mol. The normalized spacial score (nSPS) is 15.0. The number of nitrogens with zero attached hydrogens (tertiary/aromatic N) is 2. The van der Waals surface area contributed by atoms with Crippen molar-refractivity contribution in [3.8, 4) is 0 Å². The summed E-state index contributed by atoms with van der Waals surface area (Å²) in [5.74, 6) is -0.114. The highest BCUT2D eigenvalue weighted by Gasteiger charge is 2.27. The van der Waals surface area contributed by atoms with Crippen LogP contribution in [0.25, 0.3) is 6.08 Å². The molecule has 1 aliphatic rings. The number of hydrogen-bond acceptors (Lipinski definition) is 4. The maximum absolute atomic E-state index is 12.5. The molecule has 0 unspecified atom stereocenters. The average Bonchev–Trinajstić information content (AvgIpc) is 2.79. The summed E-state index contributed by atoms with van der Waals surface area (Å²) in [6.45, 7) is 1.35. The molecule has 9 heteroatoms. The topological polar surface area (TPSA) is 98.8 Å². The van der Waals surface area contributed by atoms with Crippen LogP contribution in [0.15, 0.2) is 66.1 Å². The number of urea groups is 1. The summed E-state index contributed by atoms with van der Waals surface area (Å²) in [5, 5.41) is 6.54. The lowest BCUT2D eigenvalue weighted by atomic mass is 10.2. The van der Waals surface area contributed by atoms with Crippen LogP contribution in [0.4, 0.5) is 10.5 Å². The van der Waals surface area contributed by atoms with E-state index in [9.17, 15) is 18.0 Å². The van der Waals surface area contributed by atoms with Crippen molar-refractivity contribution in [1.82, 2.24) is 14.5 Å². The molecule has 0 atom stereocenters. The molecule has 2 aromatic carbocycles. The Kier molecular flexibility index (Phi) is 7.80. The monoisotopic (exact) mass is 442 g/mol. The van der Waals surface area contributed by atoms with Crippen LogP contribution in [0.5, 0.6) is 0 Å². The number of anilines is 1. The van der Waals surface area contributed by atoms with E-state index in [1.165, 1.54) is 9.71 Å². The third-order valence-corrected chi connectivity index (χ3v) is 6.40. The Morgan fingerprint density at radius 1 is 0.903 bits per heavy atom. The zero-order valence-electron chi connectivity index (χ0n) is 17.1. The molecule has 0 aliphatic carbocycles. The zero-order chi connectivity index (χ0) is 22.1. The van der Waals surface area contributed by atoms with Crippen LogP contribution in [-0.4, -0.2) is 62.3 Å². The number of carbonyl (C=O) groups excluding carboxylic acids is 2. The first-order valence-corrected chi connectivity index (χ1v) is 11.6. The molecule has 1 aliphatic heterocycles. The van der Waals surface area contributed by atoms with Gasteiger partial charge in [-0.05, 0) is 23.8 Å². The van der Waals surface area contributed by atoms with Crippen molar-refractivity contribution in [2.75, 3.05) is 38.0 Å². The van der Waals surface area contributed by atoms with Gasteiger partial charge in [-0.25, -0.2) is 13.2 Å². The van der Waals surface area contributed by atoms with Gasteiger partial charge < -0.3 is 15.5 Å². The van der Waals surface area contributed by atoms with Crippen LogP contribution in [0, 0.1) is 0 Å². The van der Waals surface area contributed by atoms with Gasteiger partial charge in [0.05, 0.1) is 0 Å². The molecular formula is C22H26N4O4S. The first kappa shape index (κ1) is 22.5. The Morgan fingerprint density at radius 2 is 1.52 bits per heavy atom. The van der Waals surface area contributed by atoms with E-state index in [1.807, 2.05) is 48.5 Å². The van der Waals surface area contributed by atoms with Gasteiger partial charge in [0.25, 0.3) is 0 Å². The van der Waals surface area contributed by atoms with Crippen molar-refractivity contribution in [3.63, 3.8) is 0 Å². The summed E-state index contributed by atoms with van der Waals surface area (Å²) in [4.78, 5) is 25.9. The van der Waals surface area contributed by atoms with E-state index in [0.29, 0.717) is 18.8 Å². The largest absolute Gasteiger partial charge is 0.340 e. The van der Waals surface area contributed by atoms with Crippen LogP contribution >= 0.6 is 0 Å². The smallest absolute Gasteiger partial charge is 0.319 e. The number of rotatable bonds is 7. The van der Waals surface area contributed by atoms with Gasteiger partial charge in [0.2, 0.25) is 15.9 Å². The fourth-order valence-electron chi connectivity index (χ4n) is 3.14. The number of sulfonamides is 1. The molecule has 0 aromatic heterocycles. The van der Waals surface area contributed by atoms with Crippen LogP contribution in [0.2, 0.25) is 0 Å². The highest BCUT2D eigenvalue weighted by molar-refractivity contribution is 7.92. The Balaban J connectivity index is 1.40. The van der Waals surface area contributed by atoms with Gasteiger partial charge in [-0.2, -0.15) is 4.31 Å². The van der Waals surface area contributed by atoms with E-state index in [-0.39, 0.29) is 38.0 Å². The molecule has 0 bridgehead atoms. The Morgan fingerprint density at radius 3 is 2.16 bits per heavy atom. The van der Waals surface area contributed by atoms with Gasteiger partial charge in [0, 0.05) is 50.2 Å². The fourth-order valence-corrected chi connectivity index (χ4v) is 4.32. The van der Waals surface area contributed by atoms with E-state index in [4.69, 9.17) is 0 Å². The van der Waals surface area contributed by atoms with Gasteiger partial charge in [-0.1, -0.05) is 48.5 Å². The minimum Gasteiger partial charge on any atom is -0.340 e. The maximum atomic E-state index is 12.5. The summed E-state index contributed by atoms with van der Waals surface area (Å²) in [5.41, 5.74) is 1.48. The number of amides is 3. The first-order chi connectivity index (χ1) is 14.9. The first-order valence-electron chi connectivity index (χ1n) is 10.0. The maximum Gasteiger partial charge on any atom is 0.319 e. The van der Waals surface area contributed by atoms with Crippen LogP contribution in [-0.2, 0) is 14.8 Å². The predicted molar refractivity (Wildman–Crippen MR) is 121 cm³/mol. The van der Waals surface area contributed by atoms with Crippen molar-refractivity contribution in [2.24, 2.45) is 0 Å². The summed E-state index contributed by atoms with van der Waals surface area (Å²) < 4.78 is 26.4. The van der Waals surface area contributed by atoms with E-state index in [2.05, 4.69) is 10.6 Å². The molecule has 0 radical (unpaired) electrons. The third kappa shape index (κ3) is 6.94. The molecule has 3 amide bonds. The fraction of sp³-hybridized carbons (Fsp3) is 0.273. The number of benzene rings is 2. The number of para-hydroxylation sites is 1. The van der Waals surface area contributed by atoms with Crippen LogP contribution in [0.3, 0.4) is 0 Å². The second-order valence-corrected chi connectivity index (χ2v) is 8.85. The summed E-state index contributed by atoms with van der Waals surface area (Å²) in [6, 6.07) is 17.9. The summed E-state index contributed by atoms with van der Waals surface area (Å²) in [7, 11) is -3.54. The predicted octanol–water partition coefficient (Wildman–Crippen LogP) is 2.34. The molecule has 8 nitrogen and oxygen atoms in total. The Labute approximate surface area is 182 Å². The molecule has 164 valence electrons. The Bertz CT molecular complexity index is 1000. The van der Waals surface area contributed by atoms with Gasteiger partial charge in [-0.15, -0.1) is 0 Å². The molecule has 0 saturated carbocycles. The highest BCUT2D eigenvalue weighted by Crippen LogP contribution is 2.12. The second kappa shape index (κ2) is 10.7. The molecule has 3 rings (SSSR count). The molecular weight excluding hydrogens is 416 g/mol. The molecule has 2 aromatic rings. The van der Waals surface area contributed by atoms with Gasteiger partial charge in [0.15, 0.2) is 0 Å². The zero-order valence-corrected chi connectivity index (χ0v) is 17.9. The van der Waals surface area contributed by atoms with Crippen LogP contribution in [0.1, 0.15) is 12.0 Å². The third-order valence-electron chi connectivity index (χ3n) is 4.84. The lowest BCUT2D eigenvalue weighted by molar-refractivity contribution is -0.132. The van der Waals surface area contributed by atoms with Gasteiger partial charge in [-0.3, -0.25) is 4.79 Å². The molecule has 1 saturated heterocycles. The molecule has 31 heavy (non-hydrogen) atoms. The number of nitrogens with one attached hydrogen (secondary N) is 2. The van der Waals surface area contributed by atoms with Crippen molar-refractivity contribution >= 4 is 33.7 Å². The lowest BCUT2D eigenvalue weighted by Gasteiger charge is -2.33. The standard InChI is InChI=1S/C22H26N4O4S/c27-21(11-13-23-22(28)24-20-9-5-2-6-10-20)25-14-16-26(17-15-25)31(29,30)18-12-19-7-3-1-4-8-19/h1-10,12,18H,11,13-17H2,(H2,23,24,28). The van der Waals surface area contributed by atoms with Crippen molar-refractivity contribution in [2.45, 2.75) is 6.42 Å². The quantitative estimate of drug-likeness (QED) is 0.688. The molecule has 2 N–H and O–H groups in total. The van der Waals surface area contributed by atoms with E-state index < -0.39 is 10.0 Å². The molecule has 1 heterocycles. The van der Waals surface area contributed by atoms with Gasteiger partial charge >= 0.3 is 6.03 Å². The minimum atomic E-state index is -3.54. The highest BCUT2D eigenvalue weighted by atomic mass is 32.2. The van der Waals surface area contributed by atoms with E-state index >= 15 is 0 Å². The van der Waals surface area contributed by atoms with E-state index in [1.54, 1.807) is 23.1 Å². The number of hydrogen-bond donors (Lipinski definition) is 2.